The van der Waals surface area contributed by atoms with E-state index >= 15 is 0 Å². The van der Waals surface area contributed by atoms with E-state index in [9.17, 15) is 0 Å². The molecule has 2 heterocycles. The maximum Gasteiger partial charge on any atom is 0.151 e. The molecule has 2 aromatic rings. The second kappa shape index (κ2) is 7.50. The standard InChI is InChI=1S/C15H25N5.ClH/c1-6-7-19-10-14(13(5)17-19)8-16-15-12(4)9-20(18-15)11(2)3;/h9-11H,6-8H2,1-5H3,(H,16,18);1H. The van der Waals surface area contributed by atoms with Crippen LogP contribution in [0, 0.1) is 13.8 Å². The minimum absolute atomic E-state index is 0. The predicted octanol–water partition coefficient (Wildman–Crippen LogP) is 3.72. The summed E-state index contributed by atoms with van der Waals surface area (Å²) in [4.78, 5) is 0. The van der Waals surface area contributed by atoms with E-state index in [0.29, 0.717) is 6.04 Å². The first-order valence-electron chi connectivity index (χ1n) is 7.33. The Morgan fingerprint density at radius 2 is 1.90 bits per heavy atom. The van der Waals surface area contributed by atoms with Crippen molar-refractivity contribution in [3.05, 3.63) is 29.2 Å². The molecule has 0 saturated carbocycles. The van der Waals surface area contributed by atoms with Crippen molar-refractivity contribution in [2.75, 3.05) is 5.32 Å². The van der Waals surface area contributed by atoms with Crippen molar-refractivity contribution < 1.29 is 0 Å². The zero-order valence-corrected chi connectivity index (χ0v) is 14.4. The van der Waals surface area contributed by atoms with Gasteiger partial charge in [0, 0.05) is 42.7 Å². The van der Waals surface area contributed by atoms with Gasteiger partial charge < -0.3 is 5.32 Å². The van der Waals surface area contributed by atoms with E-state index in [1.165, 1.54) is 11.1 Å². The van der Waals surface area contributed by atoms with Crippen molar-refractivity contribution in [1.82, 2.24) is 19.6 Å². The smallest absolute Gasteiger partial charge is 0.151 e. The zero-order valence-electron chi connectivity index (χ0n) is 13.6. The number of aromatic nitrogens is 4. The molecule has 2 rings (SSSR count). The largest absolute Gasteiger partial charge is 0.364 e. The maximum atomic E-state index is 4.58. The molecule has 21 heavy (non-hydrogen) atoms. The lowest BCUT2D eigenvalue weighted by Gasteiger charge is -2.05. The topological polar surface area (TPSA) is 47.7 Å². The monoisotopic (exact) mass is 311 g/mol. The first-order valence-corrected chi connectivity index (χ1v) is 7.33. The Hall–Kier alpha value is -1.49. The van der Waals surface area contributed by atoms with Crippen LogP contribution in [0.4, 0.5) is 5.82 Å². The van der Waals surface area contributed by atoms with Gasteiger partial charge in [0.1, 0.15) is 0 Å². The normalized spacial score (nSPS) is 10.8. The number of hydrogen-bond donors (Lipinski definition) is 1. The van der Waals surface area contributed by atoms with Gasteiger partial charge in [-0.2, -0.15) is 10.2 Å². The molecular formula is C15H26ClN5. The maximum absolute atomic E-state index is 4.58. The lowest BCUT2D eigenvalue weighted by Crippen LogP contribution is -2.04. The van der Waals surface area contributed by atoms with Gasteiger partial charge >= 0.3 is 0 Å². The summed E-state index contributed by atoms with van der Waals surface area (Å²) >= 11 is 0. The number of hydrogen-bond acceptors (Lipinski definition) is 3. The number of aryl methyl sites for hydroxylation is 3. The van der Waals surface area contributed by atoms with Crippen molar-refractivity contribution in [1.29, 1.82) is 0 Å². The van der Waals surface area contributed by atoms with Crippen molar-refractivity contribution in [2.45, 2.75) is 60.2 Å². The van der Waals surface area contributed by atoms with Crippen LogP contribution >= 0.6 is 12.4 Å². The minimum Gasteiger partial charge on any atom is -0.364 e. The van der Waals surface area contributed by atoms with E-state index in [0.717, 1.165) is 31.0 Å². The predicted molar refractivity (Wildman–Crippen MR) is 89.2 cm³/mol. The van der Waals surface area contributed by atoms with Crippen LogP contribution < -0.4 is 5.32 Å². The fourth-order valence-electron chi connectivity index (χ4n) is 2.18. The summed E-state index contributed by atoms with van der Waals surface area (Å²) in [7, 11) is 0. The summed E-state index contributed by atoms with van der Waals surface area (Å²) in [6.45, 7) is 12.3. The van der Waals surface area contributed by atoms with E-state index in [2.05, 4.69) is 62.5 Å². The molecule has 118 valence electrons. The Balaban J connectivity index is 0.00000220. The van der Waals surface area contributed by atoms with Crippen molar-refractivity contribution in [2.24, 2.45) is 0 Å². The van der Waals surface area contributed by atoms with Gasteiger partial charge in [-0.3, -0.25) is 9.36 Å². The Labute approximate surface area is 133 Å². The van der Waals surface area contributed by atoms with Crippen molar-refractivity contribution >= 4 is 18.2 Å². The van der Waals surface area contributed by atoms with Gasteiger partial charge in [-0.1, -0.05) is 6.92 Å². The number of nitrogens with zero attached hydrogens (tertiary/aromatic N) is 4. The number of nitrogens with one attached hydrogen (secondary N) is 1. The number of rotatable bonds is 6. The summed E-state index contributed by atoms with van der Waals surface area (Å²) in [5.41, 5.74) is 3.50. The molecule has 0 fully saturated rings. The first kappa shape index (κ1) is 17.6. The highest BCUT2D eigenvalue weighted by atomic mass is 35.5. The summed E-state index contributed by atoms with van der Waals surface area (Å²) in [5.74, 6) is 0.960. The second-order valence-electron chi connectivity index (χ2n) is 5.59. The number of halogens is 1. The number of anilines is 1. The molecule has 6 heteroatoms. The lowest BCUT2D eigenvalue weighted by atomic mass is 10.2. The average Bonchev–Trinajstić information content (AvgIpc) is 2.91. The molecule has 0 saturated heterocycles. The van der Waals surface area contributed by atoms with Crippen LogP contribution in [0.1, 0.15) is 50.1 Å². The van der Waals surface area contributed by atoms with Crippen molar-refractivity contribution in [3.63, 3.8) is 0 Å². The van der Waals surface area contributed by atoms with Gasteiger partial charge in [0.15, 0.2) is 5.82 Å². The summed E-state index contributed by atoms with van der Waals surface area (Å²) in [6.07, 6.45) is 5.31. The van der Waals surface area contributed by atoms with E-state index in [1.54, 1.807) is 0 Å². The minimum atomic E-state index is 0. The van der Waals surface area contributed by atoms with Gasteiger partial charge in [0.25, 0.3) is 0 Å². The van der Waals surface area contributed by atoms with Gasteiger partial charge in [0.05, 0.1) is 5.69 Å². The van der Waals surface area contributed by atoms with Crippen LogP contribution in [0.25, 0.3) is 0 Å². The molecule has 0 radical (unpaired) electrons. The summed E-state index contributed by atoms with van der Waals surface area (Å²) < 4.78 is 4.01. The van der Waals surface area contributed by atoms with Gasteiger partial charge in [0.2, 0.25) is 0 Å². The molecular weight excluding hydrogens is 286 g/mol. The summed E-state index contributed by atoms with van der Waals surface area (Å²) in [6, 6.07) is 0.387. The van der Waals surface area contributed by atoms with Crippen LogP contribution in [0.15, 0.2) is 12.4 Å². The molecule has 0 aliphatic rings. The molecule has 0 aliphatic carbocycles. The van der Waals surface area contributed by atoms with Crippen LogP contribution in [0.2, 0.25) is 0 Å². The molecule has 2 aromatic heterocycles. The fraction of sp³-hybridized carbons (Fsp3) is 0.600. The molecule has 5 nitrogen and oxygen atoms in total. The van der Waals surface area contributed by atoms with Gasteiger partial charge in [-0.05, 0) is 34.1 Å². The van der Waals surface area contributed by atoms with Gasteiger partial charge in [-0.15, -0.1) is 12.4 Å². The molecule has 0 unspecified atom stereocenters. The van der Waals surface area contributed by atoms with Gasteiger partial charge in [-0.25, -0.2) is 0 Å². The molecule has 0 aliphatic heterocycles. The van der Waals surface area contributed by atoms with E-state index in [4.69, 9.17) is 0 Å². The SMILES string of the molecule is CCCn1cc(CNc2nn(C(C)C)cc2C)c(C)n1.Cl. The Morgan fingerprint density at radius 1 is 1.19 bits per heavy atom. The quantitative estimate of drug-likeness (QED) is 0.884. The highest BCUT2D eigenvalue weighted by Gasteiger charge is 2.09. The van der Waals surface area contributed by atoms with E-state index in [-0.39, 0.29) is 12.4 Å². The average molecular weight is 312 g/mol. The molecule has 0 aromatic carbocycles. The lowest BCUT2D eigenvalue weighted by molar-refractivity contribution is 0.533. The third-order valence-corrected chi connectivity index (χ3v) is 3.39. The third-order valence-electron chi connectivity index (χ3n) is 3.39. The Bertz CT molecular complexity index is 571. The highest BCUT2D eigenvalue weighted by molar-refractivity contribution is 5.85. The molecule has 0 spiro atoms. The summed E-state index contributed by atoms with van der Waals surface area (Å²) in [5, 5.41) is 12.5. The van der Waals surface area contributed by atoms with E-state index < -0.39 is 0 Å². The van der Waals surface area contributed by atoms with Crippen LogP contribution in [-0.4, -0.2) is 19.6 Å². The third kappa shape index (κ3) is 4.24. The molecule has 0 atom stereocenters. The molecule has 1 N–H and O–H groups in total. The molecule has 0 bridgehead atoms. The Kier molecular flexibility index (Phi) is 6.27. The Morgan fingerprint density at radius 3 is 2.48 bits per heavy atom. The van der Waals surface area contributed by atoms with Crippen molar-refractivity contribution in [3.8, 4) is 0 Å². The zero-order chi connectivity index (χ0) is 14.7. The van der Waals surface area contributed by atoms with E-state index in [1.807, 2.05) is 9.36 Å². The van der Waals surface area contributed by atoms with Crippen LogP contribution in [0.3, 0.4) is 0 Å². The van der Waals surface area contributed by atoms with Crippen LogP contribution in [0.5, 0.6) is 0 Å². The second-order valence-corrected chi connectivity index (χ2v) is 5.59. The van der Waals surface area contributed by atoms with Crippen LogP contribution in [-0.2, 0) is 13.1 Å². The molecule has 0 amide bonds. The highest BCUT2D eigenvalue weighted by Crippen LogP contribution is 2.16. The first-order chi connectivity index (χ1) is 9.51. The fourth-order valence-corrected chi connectivity index (χ4v) is 2.18.